The molecule has 1 fully saturated rings. The van der Waals surface area contributed by atoms with Gasteiger partial charge in [-0.25, -0.2) is 0 Å². The van der Waals surface area contributed by atoms with Gasteiger partial charge in [-0.3, -0.25) is 14.4 Å². The van der Waals surface area contributed by atoms with Gasteiger partial charge in [0.15, 0.2) is 6.23 Å². The highest BCUT2D eigenvalue weighted by Crippen LogP contribution is 2.28. The lowest BCUT2D eigenvalue weighted by Gasteiger charge is -2.37. The van der Waals surface area contributed by atoms with Crippen molar-refractivity contribution in [3.63, 3.8) is 0 Å². The van der Waals surface area contributed by atoms with Gasteiger partial charge in [-0.15, -0.1) is 11.8 Å². The van der Waals surface area contributed by atoms with Crippen LogP contribution in [0.15, 0.2) is 29.7 Å². The molecule has 0 bridgehead atoms. The molecule has 1 aromatic rings. The van der Waals surface area contributed by atoms with Gasteiger partial charge in [0.1, 0.15) is 6.04 Å². The highest BCUT2D eigenvalue weighted by molar-refractivity contribution is 8.02. The monoisotopic (exact) mass is 576 g/mol. The van der Waals surface area contributed by atoms with Crippen molar-refractivity contribution < 1.29 is 14.4 Å². The van der Waals surface area contributed by atoms with E-state index in [1.807, 2.05) is 32.6 Å². The van der Waals surface area contributed by atoms with Crippen molar-refractivity contribution >= 4 is 29.1 Å². The lowest BCUT2D eigenvalue weighted by Crippen LogP contribution is -2.58. The second-order valence-corrected chi connectivity index (χ2v) is 11.3. The van der Waals surface area contributed by atoms with E-state index in [1.54, 1.807) is 18.8 Å². The molecule has 2 rings (SSSR count). The maximum atomic E-state index is 14.0. The van der Waals surface area contributed by atoms with E-state index >= 15 is 0 Å². The standard InChI is InChI=1S/C30H50N4O3S.C2H6/c1-7-18-34(30(36)28(24-15-11-10-12-16-24)33-29(35)23(5)31-6)27(8-2)37-32-20-26(21-38-9-3)25-17-13-14-22(4)19-25;1-2/h13-14,17,19,21,23-24,27-28,31-32H,7-12,15-16,18,20H2,1-6H3,(H,33,35);1-2H3/b26-21+;/t23-,27?,28?;/m0./s1. The van der Waals surface area contributed by atoms with Crippen molar-refractivity contribution in [3.8, 4) is 0 Å². The molecule has 2 unspecified atom stereocenters. The van der Waals surface area contributed by atoms with Crippen LogP contribution in [0, 0.1) is 12.8 Å². The predicted molar refractivity (Wildman–Crippen MR) is 171 cm³/mol. The number of likely N-dealkylation sites (N-methyl/N-ethyl adjacent to an activating group) is 1. The Kier molecular flexibility index (Phi) is 18.9. The lowest BCUT2D eigenvalue weighted by molar-refractivity contribution is -0.160. The molecule has 0 heterocycles. The molecule has 40 heavy (non-hydrogen) atoms. The summed E-state index contributed by atoms with van der Waals surface area (Å²) in [5, 5.41) is 8.27. The number of thioether (sulfide) groups is 1. The summed E-state index contributed by atoms with van der Waals surface area (Å²) in [7, 11) is 1.76. The molecule has 1 aliphatic carbocycles. The Morgan fingerprint density at radius 1 is 1.15 bits per heavy atom. The van der Waals surface area contributed by atoms with E-state index in [0.717, 1.165) is 49.0 Å². The largest absolute Gasteiger partial charge is 0.343 e. The Morgan fingerprint density at radius 2 is 1.85 bits per heavy atom. The third-order valence-electron chi connectivity index (χ3n) is 7.22. The fourth-order valence-corrected chi connectivity index (χ4v) is 5.48. The van der Waals surface area contributed by atoms with Crippen molar-refractivity contribution in [1.29, 1.82) is 0 Å². The number of hydrogen-bond donors (Lipinski definition) is 3. The van der Waals surface area contributed by atoms with Gasteiger partial charge in [0, 0.05) is 13.1 Å². The lowest BCUT2D eigenvalue weighted by atomic mass is 9.83. The van der Waals surface area contributed by atoms with E-state index < -0.39 is 12.3 Å². The average Bonchev–Trinajstić information content (AvgIpc) is 2.99. The number of rotatable bonds is 16. The first kappa shape index (κ1) is 36.2. The Hall–Kier alpha value is -1.87. The van der Waals surface area contributed by atoms with Gasteiger partial charge in [-0.2, -0.15) is 5.48 Å². The number of hydrogen-bond acceptors (Lipinski definition) is 6. The van der Waals surface area contributed by atoms with Crippen LogP contribution in [0.5, 0.6) is 0 Å². The van der Waals surface area contributed by atoms with Gasteiger partial charge in [0.2, 0.25) is 11.8 Å². The van der Waals surface area contributed by atoms with Gasteiger partial charge < -0.3 is 15.5 Å². The van der Waals surface area contributed by atoms with Crippen molar-refractivity contribution in [2.75, 3.05) is 25.9 Å². The fraction of sp³-hybridized carbons (Fsp3) is 0.688. The summed E-state index contributed by atoms with van der Waals surface area (Å²) in [6, 6.07) is 7.56. The molecule has 1 saturated carbocycles. The summed E-state index contributed by atoms with van der Waals surface area (Å²) in [6.07, 6.45) is 6.33. The van der Waals surface area contributed by atoms with Crippen LogP contribution in [0.3, 0.4) is 0 Å². The van der Waals surface area contributed by atoms with Gasteiger partial charge >= 0.3 is 0 Å². The molecule has 1 aliphatic rings. The molecular weight excluding hydrogens is 520 g/mol. The molecule has 228 valence electrons. The number of carbonyl (C=O) groups is 2. The first-order valence-electron chi connectivity index (χ1n) is 15.4. The van der Waals surface area contributed by atoms with Crippen LogP contribution >= 0.6 is 11.8 Å². The maximum Gasteiger partial charge on any atom is 0.247 e. The van der Waals surface area contributed by atoms with Gasteiger partial charge in [0.05, 0.1) is 6.04 Å². The van der Waals surface area contributed by atoms with E-state index in [2.05, 4.69) is 66.6 Å². The van der Waals surface area contributed by atoms with Crippen LogP contribution in [-0.4, -0.2) is 60.9 Å². The zero-order valence-electron chi connectivity index (χ0n) is 26.3. The molecule has 0 saturated heterocycles. The van der Waals surface area contributed by atoms with Gasteiger partial charge in [0.25, 0.3) is 0 Å². The minimum Gasteiger partial charge on any atom is -0.343 e. The molecule has 0 radical (unpaired) electrons. The zero-order valence-corrected chi connectivity index (χ0v) is 27.2. The van der Waals surface area contributed by atoms with Crippen LogP contribution in [0.25, 0.3) is 5.57 Å². The Labute approximate surface area is 248 Å². The molecule has 0 aromatic heterocycles. The Balaban J connectivity index is 0.00000391. The summed E-state index contributed by atoms with van der Waals surface area (Å²) in [4.78, 5) is 34.9. The topological polar surface area (TPSA) is 82.7 Å². The molecule has 2 amide bonds. The normalized spacial score (nSPS) is 16.4. The summed E-state index contributed by atoms with van der Waals surface area (Å²) in [6.45, 7) is 15.3. The van der Waals surface area contributed by atoms with E-state index in [0.29, 0.717) is 19.5 Å². The molecule has 1 aromatic carbocycles. The third kappa shape index (κ3) is 11.9. The summed E-state index contributed by atoms with van der Waals surface area (Å²) in [5.74, 6) is 0.963. The maximum absolute atomic E-state index is 14.0. The second kappa shape index (κ2) is 20.9. The Bertz CT molecular complexity index is 889. The number of amides is 2. The van der Waals surface area contributed by atoms with Gasteiger partial charge in [-0.05, 0) is 74.8 Å². The second-order valence-electron chi connectivity index (χ2n) is 10.2. The van der Waals surface area contributed by atoms with E-state index in [1.165, 1.54) is 12.0 Å². The van der Waals surface area contributed by atoms with E-state index in [9.17, 15) is 9.59 Å². The molecular formula is C32H56N4O3S. The van der Waals surface area contributed by atoms with Gasteiger partial charge in [-0.1, -0.05) is 83.7 Å². The van der Waals surface area contributed by atoms with Crippen LogP contribution in [-0.2, 0) is 14.4 Å². The highest BCUT2D eigenvalue weighted by Gasteiger charge is 2.36. The average molecular weight is 577 g/mol. The highest BCUT2D eigenvalue weighted by atomic mass is 32.2. The minimum atomic E-state index is -0.536. The number of carbonyl (C=O) groups excluding carboxylic acids is 2. The SMILES string of the molecule is CC.CCCN(C(=O)C(NC(=O)[C@H](C)NC)C1CCCCC1)C(CC)ONC/C(=C\SCC)c1cccc(C)c1. The summed E-state index contributed by atoms with van der Waals surface area (Å²) in [5.41, 5.74) is 6.70. The minimum absolute atomic E-state index is 0.0416. The number of hydroxylamine groups is 1. The van der Waals surface area contributed by atoms with E-state index in [-0.39, 0.29) is 23.8 Å². The molecule has 8 heteroatoms. The quantitative estimate of drug-likeness (QED) is 0.159. The first-order chi connectivity index (χ1) is 19.4. The number of nitrogens with one attached hydrogen (secondary N) is 3. The van der Waals surface area contributed by atoms with Crippen LogP contribution in [0.2, 0.25) is 0 Å². The summed E-state index contributed by atoms with van der Waals surface area (Å²) < 4.78 is 0. The van der Waals surface area contributed by atoms with Crippen molar-refractivity contribution in [2.24, 2.45) is 5.92 Å². The number of nitrogens with zero attached hydrogens (tertiary/aromatic N) is 1. The molecule has 3 N–H and O–H groups in total. The number of aryl methyl sites for hydroxylation is 1. The molecule has 0 aliphatic heterocycles. The Morgan fingerprint density at radius 3 is 2.42 bits per heavy atom. The molecule has 0 spiro atoms. The fourth-order valence-electron chi connectivity index (χ4n) is 4.90. The number of benzene rings is 1. The molecule has 3 atom stereocenters. The summed E-state index contributed by atoms with van der Waals surface area (Å²) >= 11 is 1.76. The van der Waals surface area contributed by atoms with Crippen LogP contribution in [0.1, 0.15) is 97.6 Å². The van der Waals surface area contributed by atoms with Crippen molar-refractivity contribution in [3.05, 3.63) is 40.8 Å². The zero-order chi connectivity index (χ0) is 29.9. The smallest absolute Gasteiger partial charge is 0.247 e. The first-order valence-corrected chi connectivity index (χ1v) is 16.4. The third-order valence-corrected chi connectivity index (χ3v) is 8.00. The van der Waals surface area contributed by atoms with Crippen LogP contribution < -0.4 is 16.1 Å². The predicted octanol–water partition coefficient (Wildman–Crippen LogP) is 6.28. The van der Waals surface area contributed by atoms with Crippen LogP contribution in [0.4, 0.5) is 0 Å². The van der Waals surface area contributed by atoms with Crippen molar-refractivity contribution in [1.82, 2.24) is 21.0 Å². The molecule has 7 nitrogen and oxygen atoms in total. The van der Waals surface area contributed by atoms with E-state index in [4.69, 9.17) is 4.84 Å². The van der Waals surface area contributed by atoms with Crippen molar-refractivity contribution in [2.45, 2.75) is 112 Å².